The monoisotopic (exact) mass is 674 g/mol. The molecular formula is C34H32ClFN6O4S. The Morgan fingerprint density at radius 1 is 1.04 bits per heavy atom. The zero-order valence-electron chi connectivity index (χ0n) is 26.1. The van der Waals surface area contributed by atoms with E-state index in [0.29, 0.717) is 29.5 Å². The van der Waals surface area contributed by atoms with Crippen LogP contribution in [-0.2, 0) is 9.59 Å². The molecular weight excluding hydrogens is 643 g/mol. The number of fused-ring (bicyclic) bond motifs is 3. The summed E-state index contributed by atoms with van der Waals surface area (Å²) in [5.74, 6) is -0.465. The van der Waals surface area contributed by atoms with Crippen LogP contribution in [0.3, 0.4) is 0 Å². The minimum Gasteiger partial charge on any atom is -0.494 e. The molecule has 1 saturated carbocycles. The third-order valence-electron chi connectivity index (χ3n) is 8.41. The molecule has 2 N–H and O–H groups in total. The number of rotatable bonds is 9. The fourth-order valence-electron chi connectivity index (χ4n) is 5.76. The average molecular weight is 675 g/mol. The van der Waals surface area contributed by atoms with E-state index in [1.807, 2.05) is 35.8 Å². The number of halogens is 2. The molecule has 2 aliphatic rings. The third kappa shape index (κ3) is 6.61. The number of aromatic nitrogens is 3. The van der Waals surface area contributed by atoms with E-state index in [0.717, 1.165) is 50.5 Å². The Labute approximate surface area is 279 Å². The first-order chi connectivity index (χ1) is 22.5. The van der Waals surface area contributed by atoms with Gasteiger partial charge in [0.1, 0.15) is 16.9 Å². The molecule has 2 amide bonds. The number of hydrogen-bond donors (Lipinski definition) is 2. The number of methoxy groups -OCH3 is 1. The highest BCUT2D eigenvalue weighted by molar-refractivity contribution is 7.15. The topological polar surface area (TPSA) is 128 Å². The molecule has 2 aromatic heterocycles. The third-order valence-corrected chi connectivity index (χ3v) is 9.85. The van der Waals surface area contributed by atoms with Gasteiger partial charge in [0.25, 0.3) is 0 Å². The first-order valence-corrected chi connectivity index (χ1v) is 16.2. The van der Waals surface area contributed by atoms with Gasteiger partial charge >= 0.3 is 0 Å². The molecule has 0 bridgehead atoms. The first kappa shape index (κ1) is 32.3. The van der Waals surface area contributed by atoms with Crippen molar-refractivity contribution < 1.29 is 23.5 Å². The van der Waals surface area contributed by atoms with Crippen LogP contribution in [0.15, 0.2) is 59.6 Å². The summed E-state index contributed by atoms with van der Waals surface area (Å²) in [5, 5.41) is 16.3. The average Bonchev–Trinajstić information content (AvgIpc) is 3.50. The van der Waals surface area contributed by atoms with E-state index >= 15 is 0 Å². The van der Waals surface area contributed by atoms with Gasteiger partial charge in [0, 0.05) is 44.7 Å². The number of nitrogens with zero attached hydrogens (tertiary/aromatic N) is 4. The van der Waals surface area contributed by atoms with Gasteiger partial charge in [0.15, 0.2) is 23.2 Å². The maximum atomic E-state index is 13.9. The van der Waals surface area contributed by atoms with Gasteiger partial charge in [-0.3, -0.25) is 23.9 Å². The number of benzene rings is 2. The van der Waals surface area contributed by atoms with E-state index in [-0.39, 0.29) is 35.7 Å². The van der Waals surface area contributed by atoms with Crippen LogP contribution < -0.4 is 15.4 Å². The summed E-state index contributed by atoms with van der Waals surface area (Å²) in [6, 6.07) is 10.5. The molecule has 0 spiro atoms. The van der Waals surface area contributed by atoms with Crippen LogP contribution in [0.25, 0.3) is 5.00 Å². The standard InChI is InChI=1S/C34H32ClFN6O4S/c1-17-18(2)47-34-31(17)32(20-5-8-22(35)9-6-20)39-26(33-41-40-19(3)42(33)34)16-30(45)38-24-14-23(15-24)37-29(44)12-10-27(43)21-7-11-28(46-4)25(36)13-21/h5-13,23-24,26H,14-16H2,1-4H3,(H,37,44)(H,38,45)/b12-10+/t23-,24-,26-/m0/s1. The molecule has 6 rings (SSSR count). The quantitative estimate of drug-likeness (QED) is 0.177. The maximum Gasteiger partial charge on any atom is 0.244 e. The van der Waals surface area contributed by atoms with Crippen LogP contribution >= 0.6 is 22.9 Å². The van der Waals surface area contributed by atoms with Crippen molar-refractivity contribution in [3.05, 3.63) is 104 Å². The van der Waals surface area contributed by atoms with Gasteiger partial charge in [-0.1, -0.05) is 23.7 Å². The molecule has 1 aliphatic carbocycles. The molecule has 10 nitrogen and oxygen atoms in total. The van der Waals surface area contributed by atoms with Gasteiger partial charge in [0.05, 0.1) is 19.2 Å². The van der Waals surface area contributed by atoms with Crippen molar-refractivity contribution in [2.75, 3.05) is 7.11 Å². The number of hydrogen-bond acceptors (Lipinski definition) is 8. The normalized spacial score (nSPS) is 18.4. The number of amides is 2. The smallest absolute Gasteiger partial charge is 0.244 e. The van der Waals surface area contributed by atoms with Crippen LogP contribution in [0.2, 0.25) is 5.02 Å². The van der Waals surface area contributed by atoms with Crippen molar-refractivity contribution in [3.63, 3.8) is 0 Å². The summed E-state index contributed by atoms with van der Waals surface area (Å²) >= 11 is 7.84. The minimum atomic E-state index is -0.662. The Hall–Kier alpha value is -4.68. The van der Waals surface area contributed by atoms with Gasteiger partial charge < -0.3 is 15.4 Å². The zero-order valence-corrected chi connectivity index (χ0v) is 27.7. The van der Waals surface area contributed by atoms with E-state index in [1.54, 1.807) is 11.3 Å². The number of carbonyl (C=O) groups excluding carboxylic acids is 3. The molecule has 2 aromatic carbocycles. The lowest BCUT2D eigenvalue weighted by Crippen LogP contribution is -2.53. The summed E-state index contributed by atoms with van der Waals surface area (Å²) in [6.45, 7) is 6.04. The van der Waals surface area contributed by atoms with Gasteiger partial charge in [-0.25, -0.2) is 4.39 Å². The lowest BCUT2D eigenvalue weighted by Gasteiger charge is -2.36. The van der Waals surface area contributed by atoms with Crippen LogP contribution in [-0.4, -0.2) is 57.3 Å². The van der Waals surface area contributed by atoms with E-state index in [1.165, 1.54) is 19.2 Å². The summed E-state index contributed by atoms with van der Waals surface area (Å²) in [5.41, 5.74) is 3.87. The summed E-state index contributed by atoms with van der Waals surface area (Å²) in [7, 11) is 1.33. The van der Waals surface area contributed by atoms with Crippen molar-refractivity contribution in [2.24, 2.45) is 4.99 Å². The summed E-state index contributed by atoms with van der Waals surface area (Å²) < 4.78 is 20.8. The molecule has 13 heteroatoms. The SMILES string of the molecule is COc1ccc(C(=O)/C=C/C(=O)N[C@H]2C[C@H](NC(=O)C[C@@H]3N=C(c4ccc(Cl)cc4)c4c(sc(C)c4C)-n4c(C)nnc43)C2)cc1F. The Morgan fingerprint density at radius 3 is 2.47 bits per heavy atom. The van der Waals surface area contributed by atoms with Crippen molar-refractivity contribution in [1.29, 1.82) is 0 Å². The number of aliphatic imine (C=N–C) groups is 1. The number of aryl methyl sites for hydroxylation is 2. The highest BCUT2D eigenvalue weighted by Gasteiger charge is 2.35. The second kappa shape index (κ2) is 13.2. The first-order valence-electron chi connectivity index (χ1n) is 15.0. The lowest BCUT2D eigenvalue weighted by molar-refractivity contribution is -0.123. The zero-order chi connectivity index (χ0) is 33.4. The molecule has 47 heavy (non-hydrogen) atoms. The molecule has 0 unspecified atom stereocenters. The molecule has 3 heterocycles. The Balaban J connectivity index is 1.10. The second-order valence-electron chi connectivity index (χ2n) is 11.6. The van der Waals surface area contributed by atoms with Crippen molar-refractivity contribution in [2.45, 2.75) is 58.2 Å². The number of ketones is 1. The van der Waals surface area contributed by atoms with Gasteiger partial charge in [-0.15, -0.1) is 21.5 Å². The van der Waals surface area contributed by atoms with E-state index in [2.05, 4.69) is 34.7 Å². The highest BCUT2D eigenvalue weighted by atomic mass is 35.5. The van der Waals surface area contributed by atoms with E-state index in [4.69, 9.17) is 21.3 Å². The molecule has 0 radical (unpaired) electrons. The highest BCUT2D eigenvalue weighted by Crippen LogP contribution is 2.39. The number of allylic oxidation sites excluding steroid dienone is 1. The Morgan fingerprint density at radius 2 is 1.77 bits per heavy atom. The maximum absolute atomic E-state index is 13.9. The molecule has 0 saturated heterocycles. The summed E-state index contributed by atoms with van der Waals surface area (Å²) in [6.07, 6.45) is 3.36. The van der Waals surface area contributed by atoms with Gasteiger partial charge in [0.2, 0.25) is 11.8 Å². The van der Waals surface area contributed by atoms with Crippen LogP contribution in [0.5, 0.6) is 5.75 Å². The molecule has 242 valence electrons. The van der Waals surface area contributed by atoms with Gasteiger partial charge in [-0.05, 0) is 75.6 Å². The number of nitrogens with one attached hydrogen (secondary N) is 2. The molecule has 1 atom stereocenters. The molecule has 4 aromatic rings. The van der Waals surface area contributed by atoms with E-state index in [9.17, 15) is 18.8 Å². The van der Waals surface area contributed by atoms with Crippen LogP contribution in [0.1, 0.15) is 68.9 Å². The van der Waals surface area contributed by atoms with Crippen molar-refractivity contribution >= 4 is 46.2 Å². The Kier molecular flexibility index (Phi) is 9.07. The second-order valence-corrected chi connectivity index (χ2v) is 13.2. The van der Waals surface area contributed by atoms with E-state index < -0.39 is 23.5 Å². The predicted molar refractivity (Wildman–Crippen MR) is 177 cm³/mol. The predicted octanol–water partition coefficient (Wildman–Crippen LogP) is 5.54. The Bertz CT molecular complexity index is 1940. The van der Waals surface area contributed by atoms with Crippen LogP contribution in [0.4, 0.5) is 4.39 Å². The minimum absolute atomic E-state index is 0.0277. The van der Waals surface area contributed by atoms with Crippen molar-refractivity contribution in [3.8, 4) is 10.8 Å². The summed E-state index contributed by atoms with van der Waals surface area (Å²) in [4.78, 5) is 44.4. The number of carbonyl (C=O) groups is 3. The fraction of sp³-hybridized carbons (Fsp3) is 0.294. The van der Waals surface area contributed by atoms with Gasteiger partial charge in [-0.2, -0.15) is 0 Å². The molecule has 1 fully saturated rings. The lowest BCUT2D eigenvalue weighted by atomic mass is 9.86. The van der Waals surface area contributed by atoms with Crippen molar-refractivity contribution in [1.82, 2.24) is 25.4 Å². The van der Waals surface area contributed by atoms with Crippen LogP contribution in [0, 0.1) is 26.6 Å². The number of thiophene rings is 1. The fourth-order valence-corrected chi connectivity index (χ4v) is 7.10. The largest absolute Gasteiger partial charge is 0.494 e. The number of ether oxygens (including phenoxy) is 1. The molecule has 1 aliphatic heterocycles.